The first-order valence-corrected chi connectivity index (χ1v) is 7.81. The van der Waals surface area contributed by atoms with Gasteiger partial charge in [0.25, 0.3) is 0 Å². The molecule has 2 atom stereocenters. The lowest BCUT2D eigenvalue weighted by atomic mass is 9.44. The van der Waals surface area contributed by atoms with Crippen LogP contribution in [-0.4, -0.2) is 18.5 Å². The van der Waals surface area contributed by atoms with E-state index in [0.29, 0.717) is 18.4 Å². The maximum atomic E-state index is 12.2. The highest BCUT2D eigenvalue weighted by Gasteiger charge is 2.61. The van der Waals surface area contributed by atoms with Gasteiger partial charge < -0.3 is 7.80 Å². The number of ether oxygens (including phenoxy) is 1. The second-order valence-electron chi connectivity index (χ2n) is 6.89. The van der Waals surface area contributed by atoms with Gasteiger partial charge in [0.15, 0.2) is 23.0 Å². The number of esters is 1. The van der Waals surface area contributed by atoms with E-state index < -0.39 is 0 Å². The maximum absolute atomic E-state index is 12.2. The molecular formula is C14H19IO4. The highest BCUT2D eigenvalue weighted by molar-refractivity contribution is 14.1. The van der Waals surface area contributed by atoms with Crippen LogP contribution in [0.4, 0.5) is 0 Å². The summed E-state index contributed by atoms with van der Waals surface area (Å²) in [6, 6.07) is 0. The van der Waals surface area contributed by atoms with E-state index in [-0.39, 0.29) is 22.8 Å². The van der Waals surface area contributed by atoms with E-state index >= 15 is 0 Å². The molecule has 106 valence electrons. The van der Waals surface area contributed by atoms with Crippen molar-refractivity contribution in [3.05, 3.63) is 0 Å². The minimum atomic E-state index is -0.300. The third-order valence-corrected chi connectivity index (χ3v) is 5.67. The molecule has 0 saturated heterocycles. The van der Waals surface area contributed by atoms with Gasteiger partial charge in [0.05, 0.1) is 12.0 Å². The molecule has 4 aliphatic carbocycles. The third kappa shape index (κ3) is 2.28. The summed E-state index contributed by atoms with van der Waals surface area (Å²) in [5.41, 5.74) is -0.272. The summed E-state index contributed by atoms with van der Waals surface area (Å²) in [6.45, 7) is 1.93. The smallest absolute Gasteiger partial charge is 0.321 e. The number of hydrogen-bond acceptors (Lipinski definition) is 4. The van der Waals surface area contributed by atoms with Crippen molar-refractivity contribution in [3.63, 3.8) is 0 Å². The summed E-state index contributed by atoms with van der Waals surface area (Å²) in [4.78, 5) is 23.3. The Morgan fingerprint density at radius 3 is 2.37 bits per heavy atom. The molecule has 4 bridgehead atoms. The molecule has 0 radical (unpaired) electrons. The minimum Gasteiger partial charge on any atom is -0.465 e. The number of carbonyl (C=O) groups is 2. The van der Waals surface area contributed by atoms with Crippen LogP contribution < -0.4 is 0 Å². The van der Waals surface area contributed by atoms with Crippen molar-refractivity contribution in [2.45, 2.75) is 45.4 Å². The Balaban J connectivity index is 1.84. The molecule has 0 amide bonds. The quantitative estimate of drug-likeness (QED) is 0.560. The highest BCUT2D eigenvalue weighted by atomic mass is 127. The lowest BCUT2D eigenvalue weighted by Crippen LogP contribution is -2.56. The van der Waals surface area contributed by atoms with Crippen molar-refractivity contribution in [3.8, 4) is 0 Å². The van der Waals surface area contributed by atoms with Crippen LogP contribution in [0.25, 0.3) is 0 Å². The van der Waals surface area contributed by atoms with Crippen LogP contribution >= 0.6 is 23.0 Å². The molecule has 0 spiro atoms. The standard InChI is InChI=1S/C14H19IO4/c1-9(16)18-8-13-3-10-2-11(4-13)6-14(5-10,7-13)12(17)19-15/h10-11H,2-8H2,1H3. The van der Waals surface area contributed by atoms with Crippen molar-refractivity contribution in [2.75, 3.05) is 6.61 Å². The Kier molecular flexibility index (Phi) is 3.30. The fourth-order valence-corrected chi connectivity index (χ4v) is 5.66. The van der Waals surface area contributed by atoms with Crippen LogP contribution in [0.3, 0.4) is 0 Å². The topological polar surface area (TPSA) is 52.6 Å². The molecule has 0 N–H and O–H groups in total. The Hall–Kier alpha value is -0.330. The monoisotopic (exact) mass is 378 g/mol. The van der Waals surface area contributed by atoms with E-state index in [1.54, 1.807) is 23.0 Å². The van der Waals surface area contributed by atoms with Gasteiger partial charge in [-0.3, -0.25) is 9.59 Å². The van der Waals surface area contributed by atoms with E-state index in [9.17, 15) is 9.59 Å². The second kappa shape index (κ2) is 4.60. The third-order valence-electron chi connectivity index (χ3n) is 5.27. The molecule has 5 heteroatoms. The summed E-state index contributed by atoms with van der Waals surface area (Å²) < 4.78 is 10.3. The van der Waals surface area contributed by atoms with Gasteiger partial charge in [-0.05, 0) is 50.4 Å². The van der Waals surface area contributed by atoms with Crippen LogP contribution in [0, 0.1) is 22.7 Å². The van der Waals surface area contributed by atoms with Gasteiger partial charge in [0.2, 0.25) is 0 Å². The molecule has 0 aromatic carbocycles. The van der Waals surface area contributed by atoms with Gasteiger partial charge in [0.1, 0.15) is 0 Å². The molecule has 0 aliphatic heterocycles. The minimum absolute atomic E-state index is 0.0284. The van der Waals surface area contributed by atoms with E-state index in [2.05, 4.69) is 0 Å². The predicted molar refractivity (Wildman–Crippen MR) is 76.3 cm³/mol. The van der Waals surface area contributed by atoms with Gasteiger partial charge in [-0.25, -0.2) is 0 Å². The molecule has 19 heavy (non-hydrogen) atoms. The first kappa shape index (κ1) is 13.6. The molecule has 4 aliphatic rings. The number of hydrogen-bond donors (Lipinski definition) is 0. The van der Waals surface area contributed by atoms with Crippen molar-refractivity contribution in [1.82, 2.24) is 0 Å². The highest BCUT2D eigenvalue weighted by Crippen LogP contribution is 2.65. The Labute approximate surface area is 127 Å². The summed E-state index contributed by atoms with van der Waals surface area (Å²) >= 11 is 1.70. The van der Waals surface area contributed by atoms with E-state index in [0.717, 1.165) is 32.1 Å². The van der Waals surface area contributed by atoms with Gasteiger partial charge in [-0.2, -0.15) is 0 Å². The fourth-order valence-electron chi connectivity index (χ4n) is 5.20. The number of halogens is 1. The number of carbonyl (C=O) groups excluding carboxylic acids is 2. The molecule has 0 heterocycles. The normalized spacial score (nSPS) is 43.1. The average Bonchev–Trinajstić information content (AvgIpc) is 2.34. The first-order chi connectivity index (χ1) is 8.97. The predicted octanol–water partition coefficient (Wildman–Crippen LogP) is 3.03. The maximum Gasteiger partial charge on any atom is 0.321 e. The average molecular weight is 378 g/mol. The zero-order valence-corrected chi connectivity index (χ0v) is 13.3. The second-order valence-corrected chi connectivity index (χ2v) is 7.33. The molecule has 4 rings (SSSR count). The van der Waals surface area contributed by atoms with Crippen LogP contribution in [-0.2, 0) is 17.4 Å². The van der Waals surface area contributed by atoms with Gasteiger partial charge in [-0.1, -0.05) is 0 Å². The van der Waals surface area contributed by atoms with Crippen LogP contribution in [0.15, 0.2) is 0 Å². The van der Waals surface area contributed by atoms with E-state index in [1.165, 1.54) is 13.3 Å². The Bertz CT molecular complexity index is 406. The first-order valence-electron chi connectivity index (χ1n) is 6.93. The van der Waals surface area contributed by atoms with Gasteiger partial charge in [0, 0.05) is 12.3 Å². The van der Waals surface area contributed by atoms with Crippen molar-refractivity contribution < 1.29 is 17.4 Å². The van der Waals surface area contributed by atoms with Crippen LogP contribution in [0.5, 0.6) is 0 Å². The zero-order valence-electron chi connectivity index (χ0n) is 11.1. The van der Waals surface area contributed by atoms with Gasteiger partial charge >= 0.3 is 11.9 Å². The molecule has 4 nitrogen and oxygen atoms in total. The molecule has 0 aromatic heterocycles. The SMILES string of the molecule is CC(=O)OCC12CC3CC(C1)CC(C(=O)OI)(C3)C2. The van der Waals surface area contributed by atoms with Crippen LogP contribution in [0.1, 0.15) is 45.4 Å². The molecular weight excluding hydrogens is 359 g/mol. The lowest BCUT2D eigenvalue weighted by molar-refractivity contribution is -0.178. The fraction of sp³-hybridized carbons (Fsp3) is 0.857. The van der Waals surface area contributed by atoms with Gasteiger partial charge in [-0.15, -0.1) is 0 Å². The van der Waals surface area contributed by atoms with Crippen molar-refractivity contribution in [1.29, 1.82) is 0 Å². The molecule has 0 aromatic rings. The van der Waals surface area contributed by atoms with Crippen LogP contribution in [0.2, 0.25) is 0 Å². The van der Waals surface area contributed by atoms with E-state index in [4.69, 9.17) is 7.80 Å². The Morgan fingerprint density at radius 2 is 1.84 bits per heavy atom. The zero-order chi connectivity index (χ0) is 13.7. The summed E-state index contributed by atoms with van der Waals surface area (Å²) in [5.74, 6) is 0.926. The van der Waals surface area contributed by atoms with Crippen molar-refractivity contribution >= 4 is 34.9 Å². The van der Waals surface area contributed by atoms with E-state index in [1.807, 2.05) is 0 Å². The molecule has 4 saturated carbocycles. The van der Waals surface area contributed by atoms with Crippen molar-refractivity contribution in [2.24, 2.45) is 22.7 Å². The summed E-state index contributed by atoms with van der Waals surface area (Å²) in [7, 11) is 0. The molecule has 4 fully saturated rings. The summed E-state index contributed by atoms with van der Waals surface area (Å²) in [6.07, 6.45) is 6.21. The summed E-state index contributed by atoms with van der Waals surface area (Å²) in [5, 5.41) is 0. The number of rotatable bonds is 3. The lowest BCUT2D eigenvalue weighted by Gasteiger charge is -2.60. The molecule has 2 unspecified atom stereocenters. The largest absolute Gasteiger partial charge is 0.465 e. The Morgan fingerprint density at radius 1 is 1.21 bits per heavy atom.